The van der Waals surface area contributed by atoms with Gasteiger partial charge in [-0.3, -0.25) is 0 Å². The molecule has 0 aliphatic heterocycles. The molecule has 0 fully saturated rings. The number of hydrogen-bond acceptors (Lipinski definition) is 2. The third kappa shape index (κ3) is 1.63. The van der Waals surface area contributed by atoms with E-state index >= 15 is 0 Å². The molecule has 2 N–H and O–H groups in total. The number of nitrogens with zero attached hydrogens (tertiary/aromatic N) is 2. The third-order valence-electron chi connectivity index (χ3n) is 4.27. The number of anilines is 1. The fraction of sp³-hybridized carbons (Fsp3) is 0.235. The first-order chi connectivity index (χ1) is 9.72. The quantitative estimate of drug-likeness (QED) is 0.732. The van der Waals surface area contributed by atoms with Crippen LogP contribution in [0.3, 0.4) is 0 Å². The molecule has 0 saturated heterocycles. The van der Waals surface area contributed by atoms with E-state index in [4.69, 9.17) is 5.73 Å². The molecule has 0 saturated carbocycles. The van der Waals surface area contributed by atoms with Crippen molar-refractivity contribution in [3.05, 3.63) is 59.2 Å². The fourth-order valence-corrected chi connectivity index (χ4v) is 3.33. The molecule has 0 bridgehead atoms. The van der Waals surface area contributed by atoms with Crippen LogP contribution in [-0.4, -0.2) is 9.55 Å². The van der Waals surface area contributed by atoms with Crippen molar-refractivity contribution >= 4 is 17.0 Å². The zero-order valence-electron chi connectivity index (χ0n) is 11.5. The maximum Gasteiger partial charge on any atom is 0.201 e. The lowest BCUT2D eigenvalue weighted by molar-refractivity contribution is 0.550. The molecule has 0 atom stereocenters. The number of nitrogen functional groups attached to an aromatic ring is 1. The molecule has 100 valence electrons. The highest BCUT2D eigenvalue weighted by atomic mass is 15.2. The van der Waals surface area contributed by atoms with Gasteiger partial charge >= 0.3 is 0 Å². The van der Waals surface area contributed by atoms with Crippen LogP contribution in [0, 0.1) is 6.92 Å². The predicted molar refractivity (Wildman–Crippen MR) is 81.8 cm³/mol. The second kappa shape index (κ2) is 4.10. The van der Waals surface area contributed by atoms with Gasteiger partial charge in [0.25, 0.3) is 0 Å². The van der Waals surface area contributed by atoms with Crippen LogP contribution in [0.2, 0.25) is 0 Å². The van der Waals surface area contributed by atoms with Crippen LogP contribution < -0.4 is 5.73 Å². The maximum atomic E-state index is 6.17. The van der Waals surface area contributed by atoms with E-state index in [0.717, 1.165) is 23.9 Å². The average Bonchev–Trinajstić information content (AvgIpc) is 2.97. The Balaban J connectivity index is 1.83. The first-order valence-corrected chi connectivity index (χ1v) is 7.03. The summed E-state index contributed by atoms with van der Waals surface area (Å²) in [6.45, 7) is 2.08. The van der Waals surface area contributed by atoms with E-state index in [1.807, 2.05) is 0 Å². The number of imidazole rings is 1. The van der Waals surface area contributed by atoms with E-state index in [2.05, 4.69) is 58.9 Å². The molecular weight excluding hydrogens is 246 g/mol. The van der Waals surface area contributed by atoms with Gasteiger partial charge in [-0.15, -0.1) is 0 Å². The normalized spacial score (nSPS) is 14.8. The molecular formula is C17H17N3. The first-order valence-electron chi connectivity index (χ1n) is 7.03. The summed E-state index contributed by atoms with van der Waals surface area (Å²) < 4.78 is 2.20. The van der Waals surface area contributed by atoms with Crippen molar-refractivity contribution in [2.24, 2.45) is 0 Å². The Morgan fingerprint density at radius 3 is 2.50 bits per heavy atom. The average molecular weight is 263 g/mol. The summed E-state index contributed by atoms with van der Waals surface area (Å²) >= 11 is 0. The largest absolute Gasteiger partial charge is 0.369 e. The van der Waals surface area contributed by atoms with Crippen LogP contribution in [0.25, 0.3) is 11.0 Å². The molecule has 1 heterocycles. The van der Waals surface area contributed by atoms with Crippen molar-refractivity contribution in [1.82, 2.24) is 9.55 Å². The van der Waals surface area contributed by atoms with Gasteiger partial charge in [0.05, 0.1) is 11.0 Å². The van der Waals surface area contributed by atoms with E-state index in [-0.39, 0.29) is 0 Å². The number of fused-ring (bicyclic) bond motifs is 2. The van der Waals surface area contributed by atoms with Crippen molar-refractivity contribution in [3.8, 4) is 0 Å². The summed E-state index contributed by atoms with van der Waals surface area (Å²) in [5.41, 5.74) is 12.4. The van der Waals surface area contributed by atoms with Crippen LogP contribution in [-0.2, 0) is 12.8 Å². The van der Waals surface area contributed by atoms with Crippen LogP contribution in [0.15, 0.2) is 42.5 Å². The second-order valence-corrected chi connectivity index (χ2v) is 5.66. The van der Waals surface area contributed by atoms with Crippen molar-refractivity contribution < 1.29 is 0 Å². The monoisotopic (exact) mass is 263 g/mol. The lowest BCUT2D eigenvalue weighted by atomic mass is 10.1. The predicted octanol–water partition coefficient (Wildman–Crippen LogP) is 3.27. The molecule has 0 amide bonds. The summed E-state index contributed by atoms with van der Waals surface area (Å²) in [6.07, 6.45) is 2.08. The van der Waals surface area contributed by atoms with Gasteiger partial charge in [-0.05, 0) is 48.6 Å². The standard InChI is InChI=1S/C17H17N3/c1-11-6-7-16-15(8-11)19-17(18)20(16)14-9-12-4-2-3-5-13(12)10-14/h2-8,14H,9-10H2,1H3,(H2,18,19). The van der Waals surface area contributed by atoms with Gasteiger partial charge in [-0.25, -0.2) is 4.98 Å². The highest BCUT2D eigenvalue weighted by molar-refractivity contribution is 5.79. The summed E-state index contributed by atoms with van der Waals surface area (Å²) in [4.78, 5) is 4.52. The van der Waals surface area contributed by atoms with Gasteiger partial charge < -0.3 is 10.3 Å². The molecule has 1 aromatic heterocycles. The molecule has 1 aliphatic rings. The van der Waals surface area contributed by atoms with E-state index < -0.39 is 0 Å². The Bertz CT molecular complexity index is 776. The third-order valence-corrected chi connectivity index (χ3v) is 4.27. The molecule has 2 aromatic carbocycles. The van der Waals surface area contributed by atoms with E-state index in [9.17, 15) is 0 Å². The molecule has 3 heteroatoms. The number of hydrogen-bond donors (Lipinski definition) is 1. The molecule has 4 rings (SSSR count). The van der Waals surface area contributed by atoms with Crippen LogP contribution in [0.4, 0.5) is 5.95 Å². The van der Waals surface area contributed by atoms with Gasteiger partial charge in [0.15, 0.2) is 0 Å². The van der Waals surface area contributed by atoms with E-state index in [1.54, 1.807) is 0 Å². The highest BCUT2D eigenvalue weighted by Crippen LogP contribution is 2.34. The van der Waals surface area contributed by atoms with Crippen LogP contribution in [0.1, 0.15) is 22.7 Å². The number of benzene rings is 2. The minimum atomic E-state index is 0.389. The Labute approximate surface area is 118 Å². The number of nitrogens with two attached hydrogens (primary N) is 1. The molecule has 0 radical (unpaired) electrons. The van der Waals surface area contributed by atoms with Gasteiger partial charge in [-0.1, -0.05) is 30.3 Å². The SMILES string of the molecule is Cc1ccc2c(c1)nc(N)n2C1Cc2ccccc2C1. The zero-order chi connectivity index (χ0) is 13.7. The van der Waals surface area contributed by atoms with Gasteiger partial charge in [0.2, 0.25) is 5.95 Å². The van der Waals surface area contributed by atoms with E-state index in [1.165, 1.54) is 16.7 Å². The summed E-state index contributed by atoms with van der Waals surface area (Å²) in [7, 11) is 0. The lowest BCUT2D eigenvalue weighted by Gasteiger charge is -2.14. The molecule has 0 spiro atoms. The number of aryl methyl sites for hydroxylation is 1. The highest BCUT2D eigenvalue weighted by Gasteiger charge is 2.25. The Morgan fingerprint density at radius 1 is 1.10 bits per heavy atom. The smallest absolute Gasteiger partial charge is 0.201 e. The molecule has 0 unspecified atom stereocenters. The van der Waals surface area contributed by atoms with Crippen LogP contribution in [0.5, 0.6) is 0 Å². The second-order valence-electron chi connectivity index (χ2n) is 5.66. The minimum absolute atomic E-state index is 0.389. The number of aromatic nitrogens is 2. The van der Waals surface area contributed by atoms with Gasteiger partial charge in [0, 0.05) is 6.04 Å². The molecule has 3 aromatic rings. The van der Waals surface area contributed by atoms with Crippen molar-refractivity contribution in [2.45, 2.75) is 25.8 Å². The molecule has 20 heavy (non-hydrogen) atoms. The fourth-order valence-electron chi connectivity index (χ4n) is 3.33. The molecule has 1 aliphatic carbocycles. The molecule has 3 nitrogen and oxygen atoms in total. The van der Waals surface area contributed by atoms with Crippen molar-refractivity contribution in [2.75, 3.05) is 5.73 Å². The zero-order valence-corrected chi connectivity index (χ0v) is 11.5. The van der Waals surface area contributed by atoms with Gasteiger partial charge in [0.1, 0.15) is 0 Å². The number of rotatable bonds is 1. The summed E-state index contributed by atoms with van der Waals surface area (Å²) in [5, 5.41) is 0. The van der Waals surface area contributed by atoms with E-state index in [0.29, 0.717) is 12.0 Å². The maximum absolute atomic E-state index is 6.17. The topological polar surface area (TPSA) is 43.8 Å². The summed E-state index contributed by atoms with van der Waals surface area (Å²) in [5.74, 6) is 0.628. The van der Waals surface area contributed by atoms with Crippen molar-refractivity contribution in [1.29, 1.82) is 0 Å². The van der Waals surface area contributed by atoms with Crippen molar-refractivity contribution in [3.63, 3.8) is 0 Å². The van der Waals surface area contributed by atoms with Gasteiger partial charge in [-0.2, -0.15) is 0 Å². The minimum Gasteiger partial charge on any atom is -0.369 e. The van der Waals surface area contributed by atoms with Crippen LogP contribution >= 0.6 is 0 Å². The Hall–Kier alpha value is -2.29. The Kier molecular flexibility index (Phi) is 2.36. The Morgan fingerprint density at radius 2 is 1.80 bits per heavy atom. The summed E-state index contributed by atoms with van der Waals surface area (Å²) in [6, 6.07) is 15.4. The lowest BCUT2D eigenvalue weighted by Crippen LogP contribution is -2.12. The first kappa shape index (κ1) is 11.5.